The Morgan fingerprint density at radius 3 is 2.71 bits per heavy atom. The van der Waals surface area contributed by atoms with Gasteiger partial charge in [0, 0.05) is 22.3 Å². The zero-order chi connectivity index (χ0) is 15.2. The maximum absolute atomic E-state index is 14.0. The molecule has 4 nitrogen and oxygen atoms in total. The van der Waals surface area contributed by atoms with Crippen molar-refractivity contribution in [3.05, 3.63) is 52.3 Å². The van der Waals surface area contributed by atoms with Crippen molar-refractivity contribution in [3.8, 4) is 0 Å². The summed E-state index contributed by atoms with van der Waals surface area (Å²) < 4.78 is 41.0. The number of rotatable bonds is 2. The van der Waals surface area contributed by atoms with Gasteiger partial charge in [0.2, 0.25) is 0 Å². The first kappa shape index (κ1) is 14.3. The summed E-state index contributed by atoms with van der Waals surface area (Å²) in [6.07, 6.45) is 0.527. The number of sulfonamides is 1. The van der Waals surface area contributed by atoms with Crippen molar-refractivity contribution in [3.63, 3.8) is 0 Å². The quantitative estimate of drug-likeness (QED) is 0.826. The van der Waals surface area contributed by atoms with Crippen LogP contribution in [0.4, 0.5) is 15.8 Å². The highest BCUT2D eigenvalue weighted by Gasteiger charge is 2.33. The lowest BCUT2D eigenvalue weighted by Crippen LogP contribution is -2.29. The van der Waals surface area contributed by atoms with Crippen molar-refractivity contribution >= 4 is 37.3 Å². The Labute approximate surface area is 130 Å². The molecule has 0 radical (unpaired) electrons. The highest BCUT2D eigenvalue weighted by atomic mass is 79.9. The number of nitrogens with two attached hydrogens (primary N) is 1. The average molecular weight is 371 g/mol. The Hall–Kier alpha value is -1.60. The van der Waals surface area contributed by atoms with Crippen LogP contribution in [0, 0.1) is 5.82 Å². The molecule has 110 valence electrons. The van der Waals surface area contributed by atoms with Gasteiger partial charge < -0.3 is 5.73 Å². The highest BCUT2D eigenvalue weighted by Crippen LogP contribution is 2.36. The van der Waals surface area contributed by atoms with Crippen LogP contribution in [-0.4, -0.2) is 15.0 Å². The second-order valence-electron chi connectivity index (χ2n) is 4.75. The van der Waals surface area contributed by atoms with E-state index in [4.69, 9.17) is 5.73 Å². The topological polar surface area (TPSA) is 63.4 Å². The first-order valence-electron chi connectivity index (χ1n) is 6.26. The number of nitrogen functional groups attached to an aromatic ring is 1. The molecule has 2 N–H and O–H groups in total. The van der Waals surface area contributed by atoms with E-state index in [0.29, 0.717) is 22.3 Å². The molecule has 0 spiro atoms. The number of nitrogens with zero attached hydrogens (tertiary/aromatic N) is 1. The summed E-state index contributed by atoms with van der Waals surface area (Å²) in [7, 11) is -3.93. The number of benzene rings is 2. The van der Waals surface area contributed by atoms with Crippen molar-refractivity contribution in [2.24, 2.45) is 0 Å². The SMILES string of the molecule is Nc1cccc2c1CCN2S(=O)(=O)c1ccc(Br)cc1F. The normalized spacial score (nSPS) is 14.3. The molecule has 3 rings (SSSR count). The maximum atomic E-state index is 14.0. The molecule has 1 aliphatic heterocycles. The Kier molecular flexibility index (Phi) is 3.41. The first-order chi connectivity index (χ1) is 9.91. The van der Waals surface area contributed by atoms with Gasteiger partial charge in [0.15, 0.2) is 0 Å². The van der Waals surface area contributed by atoms with Crippen LogP contribution < -0.4 is 10.0 Å². The molecule has 1 aliphatic rings. The molecule has 0 amide bonds. The van der Waals surface area contributed by atoms with Crippen molar-refractivity contribution in [1.82, 2.24) is 0 Å². The number of anilines is 2. The lowest BCUT2D eigenvalue weighted by Gasteiger charge is -2.20. The van der Waals surface area contributed by atoms with E-state index in [2.05, 4.69) is 15.9 Å². The lowest BCUT2D eigenvalue weighted by molar-refractivity contribution is 0.564. The van der Waals surface area contributed by atoms with E-state index in [1.807, 2.05) is 0 Å². The molecule has 2 aromatic rings. The molecular formula is C14H12BrFN2O2S. The van der Waals surface area contributed by atoms with Crippen molar-refractivity contribution < 1.29 is 12.8 Å². The predicted molar refractivity (Wildman–Crippen MR) is 83.2 cm³/mol. The Bertz CT molecular complexity index is 824. The standard InChI is InChI=1S/C14H12BrFN2O2S/c15-9-4-5-14(11(16)8-9)21(19,20)18-7-6-10-12(17)2-1-3-13(10)18/h1-5,8H,6-7,17H2. The third-order valence-electron chi connectivity index (χ3n) is 3.48. The Balaban J connectivity index is 2.12. The van der Waals surface area contributed by atoms with Crippen molar-refractivity contribution in [1.29, 1.82) is 0 Å². The molecule has 2 aromatic carbocycles. The molecule has 7 heteroatoms. The number of hydrogen-bond acceptors (Lipinski definition) is 3. The van der Waals surface area contributed by atoms with E-state index in [1.54, 1.807) is 18.2 Å². The fourth-order valence-electron chi connectivity index (χ4n) is 2.48. The van der Waals surface area contributed by atoms with Gasteiger partial charge in [-0.15, -0.1) is 0 Å². The molecule has 21 heavy (non-hydrogen) atoms. The fourth-order valence-corrected chi connectivity index (χ4v) is 4.36. The largest absolute Gasteiger partial charge is 0.398 e. The van der Waals surface area contributed by atoms with E-state index in [9.17, 15) is 12.8 Å². The third kappa shape index (κ3) is 2.30. The number of hydrogen-bond donors (Lipinski definition) is 1. The van der Waals surface area contributed by atoms with Crippen LogP contribution in [0.15, 0.2) is 45.8 Å². The van der Waals surface area contributed by atoms with Gasteiger partial charge in [0.05, 0.1) is 5.69 Å². The van der Waals surface area contributed by atoms with Gasteiger partial charge in [0.1, 0.15) is 10.7 Å². The molecule has 0 saturated heterocycles. The summed E-state index contributed by atoms with van der Waals surface area (Å²) in [5.74, 6) is -0.776. The molecule has 0 unspecified atom stereocenters. The first-order valence-corrected chi connectivity index (χ1v) is 8.50. The van der Waals surface area contributed by atoms with Crippen LogP contribution in [0.3, 0.4) is 0 Å². The van der Waals surface area contributed by atoms with Crippen molar-refractivity contribution in [2.75, 3.05) is 16.6 Å². The molecule has 0 atom stereocenters. The van der Waals surface area contributed by atoms with Crippen LogP contribution in [0.1, 0.15) is 5.56 Å². The number of fused-ring (bicyclic) bond motifs is 1. The maximum Gasteiger partial charge on any atom is 0.267 e. The van der Waals surface area contributed by atoms with Crippen LogP contribution in [0.5, 0.6) is 0 Å². The molecule has 1 heterocycles. The van der Waals surface area contributed by atoms with E-state index in [0.717, 1.165) is 11.6 Å². The molecule has 0 saturated carbocycles. The van der Waals surface area contributed by atoms with Crippen LogP contribution in [-0.2, 0) is 16.4 Å². The van der Waals surface area contributed by atoms with Gasteiger partial charge in [0.25, 0.3) is 10.0 Å². The molecule has 0 aromatic heterocycles. The average Bonchev–Trinajstić information content (AvgIpc) is 2.84. The minimum absolute atomic E-state index is 0.265. The van der Waals surface area contributed by atoms with E-state index in [1.165, 1.54) is 16.4 Å². The van der Waals surface area contributed by atoms with Gasteiger partial charge in [-0.25, -0.2) is 12.8 Å². The smallest absolute Gasteiger partial charge is 0.267 e. The lowest BCUT2D eigenvalue weighted by atomic mass is 10.1. The second-order valence-corrected chi connectivity index (χ2v) is 7.49. The Morgan fingerprint density at radius 2 is 2.00 bits per heavy atom. The zero-order valence-corrected chi connectivity index (χ0v) is 13.3. The predicted octanol–water partition coefficient (Wildman–Crippen LogP) is 2.92. The van der Waals surface area contributed by atoms with Crippen LogP contribution in [0.2, 0.25) is 0 Å². The van der Waals surface area contributed by atoms with Gasteiger partial charge >= 0.3 is 0 Å². The number of halogens is 2. The molecule has 0 aliphatic carbocycles. The van der Waals surface area contributed by atoms with Gasteiger partial charge in [-0.2, -0.15) is 0 Å². The third-order valence-corrected chi connectivity index (χ3v) is 5.82. The summed E-state index contributed by atoms with van der Waals surface area (Å²) in [5, 5.41) is 0. The van der Waals surface area contributed by atoms with Gasteiger partial charge in [-0.3, -0.25) is 4.31 Å². The van der Waals surface area contributed by atoms with Gasteiger partial charge in [-0.05, 0) is 36.8 Å². The summed E-state index contributed by atoms with van der Waals surface area (Å²) in [5.41, 5.74) is 7.74. The van der Waals surface area contributed by atoms with Crippen LogP contribution >= 0.6 is 15.9 Å². The van der Waals surface area contributed by atoms with Crippen LogP contribution in [0.25, 0.3) is 0 Å². The zero-order valence-electron chi connectivity index (χ0n) is 10.9. The summed E-state index contributed by atoms with van der Waals surface area (Å²) in [6.45, 7) is 0.265. The summed E-state index contributed by atoms with van der Waals surface area (Å²) in [6, 6.07) is 9.02. The minimum Gasteiger partial charge on any atom is -0.398 e. The Morgan fingerprint density at radius 1 is 1.24 bits per heavy atom. The molecule has 0 fully saturated rings. The second kappa shape index (κ2) is 4.99. The summed E-state index contributed by atoms with van der Waals surface area (Å²) in [4.78, 5) is -0.332. The highest BCUT2D eigenvalue weighted by molar-refractivity contribution is 9.10. The summed E-state index contributed by atoms with van der Waals surface area (Å²) >= 11 is 3.12. The van der Waals surface area contributed by atoms with Gasteiger partial charge in [-0.1, -0.05) is 22.0 Å². The van der Waals surface area contributed by atoms with Crippen molar-refractivity contribution in [2.45, 2.75) is 11.3 Å². The van der Waals surface area contributed by atoms with E-state index in [-0.39, 0.29) is 11.4 Å². The monoisotopic (exact) mass is 370 g/mol. The van der Waals surface area contributed by atoms with E-state index < -0.39 is 15.8 Å². The minimum atomic E-state index is -3.93. The van der Waals surface area contributed by atoms with E-state index >= 15 is 0 Å². The fraction of sp³-hybridized carbons (Fsp3) is 0.143. The molecule has 0 bridgehead atoms. The molecular weight excluding hydrogens is 359 g/mol.